The molecule has 5 nitrogen and oxygen atoms in total. The lowest BCUT2D eigenvalue weighted by molar-refractivity contribution is -0.135. The average molecular weight is 450 g/mol. The normalized spacial score (nSPS) is 15.3. The van der Waals surface area contributed by atoms with Crippen molar-refractivity contribution in [2.45, 2.75) is 71.4 Å². The van der Waals surface area contributed by atoms with Gasteiger partial charge in [0.25, 0.3) is 0 Å². The molecular formula is C28H39N3O2. The molecule has 3 rings (SSSR count). The molecule has 0 radical (unpaired) electrons. The van der Waals surface area contributed by atoms with Gasteiger partial charge in [0.2, 0.25) is 11.8 Å². The molecule has 0 aliphatic heterocycles. The first kappa shape index (κ1) is 24.8. The molecule has 1 fully saturated rings. The zero-order chi connectivity index (χ0) is 24.0. The van der Waals surface area contributed by atoms with Gasteiger partial charge >= 0.3 is 0 Å². The molecule has 5 heteroatoms. The predicted molar refractivity (Wildman–Crippen MR) is 137 cm³/mol. The molecule has 2 atom stereocenters. The average Bonchev–Trinajstić information content (AvgIpc) is 2.76. The summed E-state index contributed by atoms with van der Waals surface area (Å²) in [5.74, 6) is 0.238. The highest BCUT2D eigenvalue weighted by Gasteiger charge is 2.29. The Labute approximate surface area is 199 Å². The molecule has 178 valence electrons. The molecule has 1 N–H and O–H groups in total. The van der Waals surface area contributed by atoms with Crippen LogP contribution in [0.3, 0.4) is 0 Å². The van der Waals surface area contributed by atoms with Crippen molar-refractivity contribution in [3.05, 3.63) is 59.7 Å². The van der Waals surface area contributed by atoms with Crippen LogP contribution in [0.25, 0.3) is 0 Å². The van der Waals surface area contributed by atoms with Crippen LogP contribution in [0.15, 0.2) is 48.5 Å². The molecule has 1 aliphatic carbocycles. The van der Waals surface area contributed by atoms with Gasteiger partial charge in [0.1, 0.15) is 0 Å². The third kappa shape index (κ3) is 5.95. The second-order valence-corrected chi connectivity index (χ2v) is 9.45. The van der Waals surface area contributed by atoms with Crippen LogP contribution < -0.4 is 10.2 Å². The summed E-state index contributed by atoms with van der Waals surface area (Å²) >= 11 is 0. The maximum atomic E-state index is 13.8. The summed E-state index contributed by atoms with van der Waals surface area (Å²) in [6.45, 7) is 6.83. The fourth-order valence-electron chi connectivity index (χ4n) is 4.43. The Balaban J connectivity index is 1.90. The van der Waals surface area contributed by atoms with Crippen molar-refractivity contribution >= 4 is 23.2 Å². The van der Waals surface area contributed by atoms with E-state index >= 15 is 0 Å². The monoisotopic (exact) mass is 449 g/mol. The van der Waals surface area contributed by atoms with Crippen LogP contribution in [-0.4, -0.2) is 36.9 Å². The zero-order valence-corrected chi connectivity index (χ0v) is 20.8. The fourth-order valence-corrected chi connectivity index (χ4v) is 4.43. The summed E-state index contributed by atoms with van der Waals surface area (Å²) in [5, 5.41) is 3.09. The number of carbonyl (C=O) groups excluding carboxylic acids is 2. The molecule has 2 aromatic rings. The van der Waals surface area contributed by atoms with E-state index in [1.54, 1.807) is 0 Å². The summed E-state index contributed by atoms with van der Waals surface area (Å²) in [6.07, 6.45) is 4.72. The van der Waals surface area contributed by atoms with Gasteiger partial charge in [-0.15, -0.1) is 0 Å². The van der Waals surface area contributed by atoms with E-state index in [9.17, 15) is 9.59 Å². The topological polar surface area (TPSA) is 52.7 Å². The van der Waals surface area contributed by atoms with Crippen LogP contribution in [0.4, 0.5) is 11.4 Å². The van der Waals surface area contributed by atoms with Crippen LogP contribution in [-0.2, 0) is 16.1 Å². The van der Waals surface area contributed by atoms with Crippen LogP contribution >= 0.6 is 0 Å². The number of rotatable bonds is 10. The first-order chi connectivity index (χ1) is 15.8. The van der Waals surface area contributed by atoms with E-state index in [1.807, 2.05) is 67.5 Å². The first-order valence-corrected chi connectivity index (χ1v) is 12.3. The van der Waals surface area contributed by atoms with E-state index in [0.717, 1.165) is 54.6 Å². The quantitative estimate of drug-likeness (QED) is 0.498. The highest BCUT2D eigenvalue weighted by Crippen LogP contribution is 2.31. The molecule has 0 spiro atoms. The molecule has 2 aromatic carbocycles. The van der Waals surface area contributed by atoms with Gasteiger partial charge in [-0.3, -0.25) is 9.59 Å². The number of benzene rings is 2. The lowest BCUT2D eigenvalue weighted by Gasteiger charge is -2.33. The van der Waals surface area contributed by atoms with E-state index in [4.69, 9.17) is 0 Å². The third-order valence-electron chi connectivity index (χ3n) is 6.96. The number of nitrogens with zero attached hydrogens (tertiary/aromatic N) is 2. The second kappa shape index (κ2) is 11.4. The van der Waals surface area contributed by atoms with Crippen molar-refractivity contribution in [3.8, 4) is 0 Å². The van der Waals surface area contributed by atoms with E-state index in [2.05, 4.69) is 31.0 Å². The molecule has 33 heavy (non-hydrogen) atoms. The standard InChI is InChI=1S/C28H39N3O2/c1-6-20(3)31(28(33)25(7-2)21-12-9-8-10-13-21)19-23-18-24(16-17-26(23)30(4)5)29-27(32)22-14-11-15-22/h8-10,12-13,16-18,20,22,25H,6-7,11,14-15,19H2,1-5H3,(H,29,32)/t20-,25+/m1/s1. The lowest BCUT2D eigenvalue weighted by atomic mass is 9.85. The van der Waals surface area contributed by atoms with Crippen molar-refractivity contribution in [1.82, 2.24) is 4.90 Å². The molecule has 0 aromatic heterocycles. The molecule has 0 bridgehead atoms. The maximum Gasteiger partial charge on any atom is 0.230 e. The third-order valence-corrected chi connectivity index (χ3v) is 6.96. The minimum atomic E-state index is -0.162. The van der Waals surface area contributed by atoms with Crippen molar-refractivity contribution in [2.24, 2.45) is 5.92 Å². The number of nitrogens with one attached hydrogen (secondary N) is 1. The number of amides is 2. The summed E-state index contributed by atoms with van der Waals surface area (Å²) in [7, 11) is 4.03. The van der Waals surface area contributed by atoms with Gasteiger partial charge in [0.15, 0.2) is 0 Å². The van der Waals surface area contributed by atoms with Gasteiger partial charge < -0.3 is 15.1 Å². The molecule has 0 saturated heterocycles. The van der Waals surface area contributed by atoms with Crippen molar-refractivity contribution in [2.75, 3.05) is 24.3 Å². The smallest absolute Gasteiger partial charge is 0.230 e. The summed E-state index contributed by atoms with van der Waals surface area (Å²) in [6, 6.07) is 16.2. The van der Waals surface area contributed by atoms with Crippen LogP contribution in [0, 0.1) is 5.92 Å². The number of hydrogen-bond donors (Lipinski definition) is 1. The Kier molecular flexibility index (Phi) is 8.54. The van der Waals surface area contributed by atoms with Gasteiger partial charge in [-0.1, -0.05) is 50.6 Å². The van der Waals surface area contributed by atoms with E-state index < -0.39 is 0 Å². The molecular weight excluding hydrogens is 410 g/mol. The highest BCUT2D eigenvalue weighted by atomic mass is 16.2. The second-order valence-electron chi connectivity index (χ2n) is 9.45. The van der Waals surface area contributed by atoms with Crippen LogP contribution in [0.1, 0.15) is 69.9 Å². The Bertz CT molecular complexity index is 937. The number of anilines is 2. The van der Waals surface area contributed by atoms with Gasteiger partial charge in [0, 0.05) is 44.0 Å². The first-order valence-electron chi connectivity index (χ1n) is 12.3. The summed E-state index contributed by atoms with van der Waals surface area (Å²) < 4.78 is 0. The van der Waals surface area contributed by atoms with Crippen LogP contribution in [0.2, 0.25) is 0 Å². The highest BCUT2D eigenvalue weighted by molar-refractivity contribution is 5.93. The predicted octanol–water partition coefficient (Wildman–Crippen LogP) is 5.81. The van der Waals surface area contributed by atoms with Crippen molar-refractivity contribution < 1.29 is 9.59 Å². The van der Waals surface area contributed by atoms with Crippen LogP contribution in [0.5, 0.6) is 0 Å². The summed E-state index contributed by atoms with van der Waals surface area (Å²) in [4.78, 5) is 30.4. The van der Waals surface area contributed by atoms with Gasteiger partial charge in [-0.25, -0.2) is 0 Å². The SMILES string of the molecule is CC[C@H](C(=O)N(Cc1cc(NC(=O)C2CCC2)ccc1N(C)C)[C@H](C)CC)c1ccccc1. The Morgan fingerprint density at radius 2 is 1.73 bits per heavy atom. The van der Waals surface area contributed by atoms with Gasteiger partial charge in [0.05, 0.1) is 5.92 Å². The maximum absolute atomic E-state index is 13.8. The lowest BCUT2D eigenvalue weighted by Crippen LogP contribution is -2.41. The van der Waals surface area contributed by atoms with E-state index in [-0.39, 0.29) is 29.7 Å². The molecule has 1 saturated carbocycles. The van der Waals surface area contributed by atoms with E-state index in [1.165, 1.54) is 0 Å². The van der Waals surface area contributed by atoms with Crippen molar-refractivity contribution in [3.63, 3.8) is 0 Å². The fraction of sp³-hybridized carbons (Fsp3) is 0.500. The molecule has 0 unspecified atom stereocenters. The number of carbonyl (C=O) groups is 2. The Hall–Kier alpha value is -2.82. The van der Waals surface area contributed by atoms with Gasteiger partial charge in [-0.2, -0.15) is 0 Å². The Morgan fingerprint density at radius 3 is 2.27 bits per heavy atom. The Morgan fingerprint density at radius 1 is 1.03 bits per heavy atom. The largest absolute Gasteiger partial charge is 0.377 e. The van der Waals surface area contributed by atoms with Gasteiger partial charge in [-0.05, 0) is 61.9 Å². The molecule has 0 heterocycles. The van der Waals surface area contributed by atoms with E-state index in [0.29, 0.717) is 6.54 Å². The minimum absolute atomic E-state index is 0.106. The summed E-state index contributed by atoms with van der Waals surface area (Å²) in [5.41, 5.74) is 3.97. The minimum Gasteiger partial charge on any atom is -0.377 e. The zero-order valence-electron chi connectivity index (χ0n) is 20.8. The molecule has 2 amide bonds. The molecule has 1 aliphatic rings. The number of hydrogen-bond acceptors (Lipinski definition) is 3. The van der Waals surface area contributed by atoms with Crippen molar-refractivity contribution in [1.29, 1.82) is 0 Å².